The zero-order chi connectivity index (χ0) is 13.4. The van der Waals surface area contributed by atoms with E-state index in [4.69, 9.17) is 25.7 Å². The maximum Gasteiger partial charge on any atom is 0.252 e. The molecule has 6 nitrogen and oxygen atoms in total. The Labute approximate surface area is 106 Å². The Balaban J connectivity index is 2.45. The van der Waals surface area contributed by atoms with Crippen molar-refractivity contribution in [2.24, 2.45) is 5.73 Å². The van der Waals surface area contributed by atoms with Gasteiger partial charge in [-0.2, -0.15) is 0 Å². The van der Waals surface area contributed by atoms with E-state index in [0.29, 0.717) is 43.4 Å². The smallest absolute Gasteiger partial charge is 0.252 e. The Kier molecular flexibility index (Phi) is 5.96. The van der Waals surface area contributed by atoms with E-state index in [-0.39, 0.29) is 0 Å². The first-order valence-corrected chi connectivity index (χ1v) is 5.54. The lowest BCUT2D eigenvalue weighted by molar-refractivity contribution is 0.0542. The molecule has 18 heavy (non-hydrogen) atoms. The molecule has 0 aliphatic rings. The summed E-state index contributed by atoms with van der Waals surface area (Å²) in [4.78, 5) is 11.2. The Morgan fingerprint density at radius 1 is 1.22 bits per heavy atom. The quantitative estimate of drug-likeness (QED) is 0.517. The highest BCUT2D eigenvalue weighted by Gasteiger charge is 2.09. The molecule has 0 aromatic heterocycles. The van der Waals surface area contributed by atoms with E-state index in [1.165, 1.54) is 0 Å². The van der Waals surface area contributed by atoms with Gasteiger partial charge in [-0.1, -0.05) is 0 Å². The molecule has 100 valence electrons. The molecule has 1 aromatic rings. The average Bonchev–Trinajstić information content (AvgIpc) is 2.33. The SMILES string of the molecule is COCCOCCOc1cc(N)ccc1C(N)=O. The number of anilines is 1. The highest BCUT2D eigenvalue weighted by Crippen LogP contribution is 2.21. The fourth-order valence-electron chi connectivity index (χ4n) is 1.32. The zero-order valence-corrected chi connectivity index (χ0v) is 10.3. The summed E-state index contributed by atoms with van der Waals surface area (Å²) < 4.78 is 15.5. The van der Waals surface area contributed by atoms with Crippen LogP contribution in [-0.2, 0) is 9.47 Å². The number of nitrogens with two attached hydrogens (primary N) is 2. The molecule has 0 aliphatic heterocycles. The summed E-state index contributed by atoms with van der Waals surface area (Å²) in [5, 5.41) is 0. The number of hydrogen-bond acceptors (Lipinski definition) is 5. The standard InChI is InChI=1S/C12H18N2O4/c1-16-4-5-17-6-7-18-11-8-9(13)2-3-10(11)12(14)15/h2-3,8H,4-7,13H2,1H3,(H2,14,15). The lowest BCUT2D eigenvalue weighted by atomic mass is 10.2. The molecule has 0 fully saturated rings. The number of ether oxygens (including phenoxy) is 3. The monoisotopic (exact) mass is 254 g/mol. The topological polar surface area (TPSA) is 96.8 Å². The minimum absolute atomic E-state index is 0.307. The molecule has 0 atom stereocenters. The van der Waals surface area contributed by atoms with Gasteiger partial charge in [0, 0.05) is 18.9 Å². The van der Waals surface area contributed by atoms with Crippen molar-refractivity contribution in [1.82, 2.24) is 0 Å². The largest absolute Gasteiger partial charge is 0.490 e. The summed E-state index contributed by atoms with van der Waals surface area (Å²) in [5.74, 6) is -0.178. The second-order valence-corrected chi connectivity index (χ2v) is 3.57. The van der Waals surface area contributed by atoms with Crippen LogP contribution in [-0.4, -0.2) is 39.4 Å². The van der Waals surface area contributed by atoms with E-state index >= 15 is 0 Å². The van der Waals surface area contributed by atoms with Gasteiger partial charge in [0.15, 0.2) is 0 Å². The summed E-state index contributed by atoms with van der Waals surface area (Å²) in [6, 6.07) is 4.70. The fraction of sp³-hybridized carbons (Fsp3) is 0.417. The van der Waals surface area contributed by atoms with Crippen molar-refractivity contribution in [3.63, 3.8) is 0 Å². The summed E-state index contributed by atoms with van der Waals surface area (Å²) >= 11 is 0. The fourth-order valence-corrected chi connectivity index (χ4v) is 1.32. The summed E-state index contributed by atoms with van der Waals surface area (Å²) in [6.45, 7) is 1.74. The van der Waals surface area contributed by atoms with Gasteiger partial charge in [-0.05, 0) is 12.1 Å². The molecule has 0 radical (unpaired) electrons. The van der Waals surface area contributed by atoms with E-state index in [0.717, 1.165) is 0 Å². The number of carbonyl (C=O) groups is 1. The molecule has 1 aromatic carbocycles. The molecule has 0 saturated heterocycles. The number of amides is 1. The Hall–Kier alpha value is -1.79. The van der Waals surface area contributed by atoms with Gasteiger partial charge in [0.2, 0.25) is 0 Å². The Bertz CT molecular complexity index is 396. The second kappa shape index (κ2) is 7.52. The maximum atomic E-state index is 11.2. The zero-order valence-electron chi connectivity index (χ0n) is 10.3. The molecule has 1 amide bonds. The highest BCUT2D eigenvalue weighted by molar-refractivity contribution is 5.96. The summed E-state index contributed by atoms with van der Waals surface area (Å²) in [7, 11) is 1.60. The van der Waals surface area contributed by atoms with Crippen molar-refractivity contribution in [3.05, 3.63) is 23.8 Å². The molecule has 4 N–H and O–H groups in total. The molecular weight excluding hydrogens is 236 g/mol. The number of carbonyl (C=O) groups excluding carboxylic acids is 1. The first kappa shape index (κ1) is 14.3. The van der Waals surface area contributed by atoms with Crippen LogP contribution < -0.4 is 16.2 Å². The predicted octanol–water partition coefficient (Wildman–Crippen LogP) is 0.409. The van der Waals surface area contributed by atoms with Crippen LogP contribution in [0.15, 0.2) is 18.2 Å². The van der Waals surface area contributed by atoms with Gasteiger partial charge >= 0.3 is 0 Å². The normalized spacial score (nSPS) is 10.3. The predicted molar refractivity (Wildman–Crippen MR) is 67.6 cm³/mol. The third kappa shape index (κ3) is 4.60. The van der Waals surface area contributed by atoms with Crippen LogP contribution in [0.25, 0.3) is 0 Å². The number of benzene rings is 1. The minimum Gasteiger partial charge on any atom is -0.490 e. The van der Waals surface area contributed by atoms with Gasteiger partial charge in [-0.3, -0.25) is 4.79 Å². The number of nitrogen functional groups attached to an aromatic ring is 1. The third-order valence-corrected chi connectivity index (χ3v) is 2.19. The summed E-state index contributed by atoms with van der Waals surface area (Å²) in [5.41, 5.74) is 11.7. The van der Waals surface area contributed by atoms with Gasteiger partial charge in [0.05, 0.1) is 25.4 Å². The molecule has 0 heterocycles. The van der Waals surface area contributed by atoms with Crippen LogP contribution in [0.3, 0.4) is 0 Å². The van der Waals surface area contributed by atoms with Gasteiger partial charge in [0.1, 0.15) is 12.4 Å². The molecule has 0 bridgehead atoms. The molecule has 0 aliphatic carbocycles. The first-order valence-electron chi connectivity index (χ1n) is 5.54. The Morgan fingerprint density at radius 3 is 2.61 bits per heavy atom. The van der Waals surface area contributed by atoms with Crippen molar-refractivity contribution in [2.45, 2.75) is 0 Å². The van der Waals surface area contributed by atoms with Crippen molar-refractivity contribution < 1.29 is 19.0 Å². The van der Waals surface area contributed by atoms with E-state index < -0.39 is 5.91 Å². The molecule has 0 unspecified atom stereocenters. The van der Waals surface area contributed by atoms with Gasteiger partial charge in [-0.15, -0.1) is 0 Å². The van der Waals surface area contributed by atoms with Crippen LogP contribution in [0.5, 0.6) is 5.75 Å². The number of rotatable bonds is 8. The van der Waals surface area contributed by atoms with E-state index in [2.05, 4.69) is 0 Å². The van der Waals surface area contributed by atoms with Crippen molar-refractivity contribution >= 4 is 11.6 Å². The minimum atomic E-state index is -0.551. The molecule has 6 heteroatoms. The van der Waals surface area contributed by atoms with Crippen molar-refractivity contribution in [3.8, 4) is 5.75 Å². The molecule has 0 spiro atoms. The van der Waals surface area contributed by atoms with Crippen LogP contribution in [0.1, 0.15) is 10.4 Å². The van der Waals surface area contributed by atoms with Gasteiger partial charge < -0.3 is 25.7 Å². The second-order valence-electron chi connectivity index (χ2n) is 3.57. The third-order valence-electron chi connectivity index (χ3n) is 2.19. The average molecular weight is 254 g/mol. The van der Waals surface area contributed by atoms with E-state index in [9.17, 15) is 4.79 Å². The molecule has 0 saturated carbocycles. The number of primary amides is 1. The van der Waals surface area contributed by atoms with Crippen LogP contribution in [0.4, 0.5) is 5.69 Å². The lowest BCUT2D eigenvalue weighted by Crippen LogP contribution is -2.15. The van der Waals surface area contributed by atoms with Gasteiger partial charge in [0.25, 0.3) is 5.91 Å². The molecule has 1 rings (SSSR count). The van der Waals surface area contributed by atoms with E-state index in [1.54, 1.807) is 25.3 Å². The van der Waals surface area contributed by atoms with Crippen LogP contribution >= 0.6 is 0 Å². The van der Waals surface area contributed by atoms with Crippen molar-refractivity contribution in [2.75, 3.05) is 39.3 Å². The van der Waals surface area contributed by atoms with Crippen LogP contribution in [0, 0.1) is 0 Å². The first-order chi connectivity index (χ1) is 8.65. The number of hydrogen-bond donors (Lipinski definition) is 2. The maximum absolute atomic E-state index is 11.2. The van der Waals surface area contributed by atoms with Crippen molar-refractivity contribution in [1.29, 1.82) is 0 Å². The van der Waals surface area contributed by atoms with Crippen LogP contribution in [0.2, 0.25) is 0 Å². The lowest BCUT2D eigenvalue weighted by Gasteiger charge is -2.10. The highest BCUT2D eigenvalue weighted by atomic mass is 16.5. The van der Waals surface area contributed by atoms with Gasteiger partial charge in [-0.25, -0.2) is 0 Å². The summed E-state index contributed by atoms with van der Waals surface area (Å²) in [6.07, 6.45) is 0. The van der Waals surface area contributed by atoms with E-state index in [1.807, 2.05) is 0 Å². The number of methoxy groups -OCH3 is 1. The molecular formula is C12H18N2O4. The Morgan fingerprint density at radius 2 is 1.94 bits per heavy atom.